The Labute approximate surface area is 154 Å². The van der Waals surface area contributed by atoms with E-state index in [1.807, 2.05) is 19.1 Å². The number of rotatable bonds is 6. The fourth-order valence-corrected chi connectivity index (χ4v) is 4.25. The van der Waals surface area contributed by atoms with Gasteiger partial charge in [0, 0.05) is 16.0 Å². The predicted molar refractivity (Wildman–Crippen MR) is 107 cm³/mol. The molecule has 1 amide bonds. The zero-order valence-electron chi connectivity index (χ0n) is 15.3. The Kier molecular flexibility index (Phi) is 5.69. The summed E-state index contributed by atoms with van der Waals surface area (Å²) in [5.74, 6) is -0.0239. The zero-order valence-corrected chi connectivity index (χ0v) is 16.1. The molecule has 0 bridgehead atoms. The number of nitrogens with zero attached hydrogens (tertiary/aromatic N) is 1. The van der Waals surface area contributed by atoms with Crippen molar-refractivity contribution in [2.45, 2.75) is 58.9 Å². The van der Waals surface area contributed by atoms with Crippen LogP contribution in [0.25, 0.3) is 0 Å². The average Bonchev–Trinajstić information content (AvgIpc) is 2.95. The molecular formula is C21H26N2OS. The summed E-state index contributed by atoms with van der Waals surface area (Å²) >= 11 is 1.70. The van der Waals surface area contributed by atoms with Gasteiger partial charge >= 0.3 is 0 Å². The molecule has 0 saturated carbocycles. The minimum atomic E-state index is -0.373. The largest absolute Gasteiger partial charge is 0.315 e. The van der Waals surface area contributed by atoms with E-state index in [0.717, 1.165) is 28.3 Å². The lowest BCUT2D eigenvalue weighted by Crippen LogP contribution is -2.22. The van der Waals surface area contributed by atoms with Gasteiger partial charge in [0.15, 0.2) is 0 Å². The van der Waals surface area contributed by atoms with Crippen LogP contribution in [0, 0.1) is 6.92 Å². The minimum Gasteiger partial charge on any atom is -0.315 e. The number of unbranched alkanes of at least 4 members (excludes halogenated alkanes) is 3. The number of hydrogen-bond acceptors (Lipinski definition) is 3. The molecule has 2 heterocycles. The van der Waals surface area contributed by atoms with Crippen LogP contribution in [0.2, 0.25) is 0 Å². The molecule has 1 N–H and O–H groups in total. The Morgan fingerprint density at radius 1 is 1.16 bits per heavy atom. The Bertz CT molecular complexity index is 791. The molecule has 0 radical (unpaired) electrons. The predicted octanol–water partition coefficient (Wildman–Crippen LogP) is 5.36. The van der Waals surface area contributed by atoms with E-state index < -0.39 is 0 Å². The molecule has 25 heavy (non-hydrogen) atoms. The highest BCUT2D eigenvalue weighted by Crippen LogP contribution is 2.34. The molecule has 3 rings (SSSR count). The fraction of sp³-hybridized carbons (Fsp3) is 0.429. The van der Waals surface area contributed by atoms with Crippen LogP contribution in [0.3, 0.4) is 0 Å². The highest BCUT2D eigenvalue weighted by atomic mass is 32.1. The zero-order chi connectivity index (χ0) is 17.8. The van der Waals surface area contributed by atoms with E-state index in [1.54, 1.807) is 11.3 Å². The third-order valence-electron chi connectivity index (χ3n) is 4.65. The first-order valence-electron chi connectivity index (χ1n) is 9.18. The van der Waals surface area contributed by atoms with Crippen LogP contribution in [0.1, 0.15) is 61.1 Å². The molecule has 3 nitrogen and oxygen atoms in total. The summed E-state index contributed by atoms with van der Waals surface area (Å²) in [7, 11) is 0. The van der Waals surface area contributed by atoms with Crippen molar-refractivity contribution >= 4 is 28.0 Å². The van der Waals surface area contributed by atoms with Gasteiger partial charge in [-0.3, -0.25) is 9.79 Å². The number of benzene rings is 1. The van der Waals surface area contributed by atoms with Gasteiger partial charge in [-0.15, -0.1) is 11.3 Å². The second-order valence-corrected chi connectivity index (χ2v) is 7.86. The summed E-state index contributed by atoms with van der Waals surface area (Å²) in [6.07, 6.45) is 6.08. The summed E-state index contributed by atoms with van der Waals surface area (Å²) in [5, 5.41) is 4.02. The van der Waals surface area contributed by atoms with Gasteiger partial charge in [-0.05, 0) is 38.3 Å². The molecule has 4 heteroatoms. The van der Waals surface area contributed by atoms with E-state index in [-0.39, 0.29) is 11.9 Å². The number of hydrogen-bond donors (Lipinski definition) is 1. The maximum atomic E-state index is 12.3. The number of carbonyl (C=O) groups is 1. The van der Waals surface area contributed by atoms with E-state index in [1.165, 1.54) is 36.1 Å². The Hall–Kier alpha value is -1.94. The molecule has 1 aliphatic heterocycles. The number of fused-ring (bicyclic) bond motifs is 1. The lowest BCUT2D eigenvalue weighted by atomic mass is 9.99. The fourth-order valence-electron chi connectivity index (χ4n) is 3.15. The maximum Gasteiger partial charge on any atom is 0.249 e. The number of anilines is 1. The molecular weight excluding hydrogens is 328 g/mol. The highest BCUT2D eigenvalue weighted by molar-refractivity contribution is 7.16. The van der Waals surface area contributed by atoms with Crippen molar-refractivity contribution in [2.75, 3.05) is 5.32 Å². The maximum absolute atomic E-state index is 12.3. The van der Waals surface area contributed by atoms with Gasteiger partial charge in [0.1, 0.15) is 11.0 Å². The van der Waals surface area contributed by atoms with Gasteiger partial charge < -0.3 is 5.32 Å². The standard InChI is InChI=1S/C21H26N2OS/c1-4-5-6-7-11-16-13-18-19(17-12-9-8-10-14(17)2)22-15(3)20(24)23-21(18)25-16/h8-10,12-13,15H,4-7,11H2,1-3H3,(H,23,24). The van der Waals surface area contributed by atoms with Crippen molar-refractivity contribution in [3.8, 4) is 0 Å². The van der Waals surface area contributed by atoms with Crippen LogP contribution in [0.4, 0.5) is 5.00 Å². The number of aryl methyl sites for hydroxylation is 2. The topological polar surface area (TPSA) is 41.5 Å². The van der Waals surface area contributed by atoms with Crippen LogP contribution in [-0.2, 0) is 11.2 Å². The number of nitrogens with one attached hydrogen (secondary N) is 1. The van der Waals surface area contributed by atoms with E-state index in [4.69, 9.17) is 4.99 Å². The van der Waals surface area contributed by atoms with Gasteiger partial charge in [-0.1, -0.05) is 50.5 Å². The Balaban J connectivity index is 1.96. The highest BCUT2D eigenvalue weighted by Gasteiger charge is 2.25. The smallest absolute Gasteiger partial charge is 0.249 e. The summed E-state index contributed by atoms with van der Waals surface area (Å²) in [6.45, 7) is 6.19. The molecule has 0 aliphatic carbocycles. The quantitative estimate of drug-likeness (QED) is 0.697. The Morgan fingerprint density at radius 3 is 2.72 bits per heavy atom. The van der Waals surface area contributed by atoms with Gasteiger partial charge in [0.05, 0.1) is 5.71 Å². The van der Waals surface area contributed by atoms with E-state index in [9.17, 15) is 4.79 Å². The molecule has 0 spiro atoms. The number of amides is 1. The third kappa shape index (κ3) is 4.01. The van der Waals surface area contributed by atoms with Gasteiger partial charge in [-0.2, -0.15) is 0 Å². The van der Waals surface area contributed by atoms with E-state index in [2.05, 4.69) is 37.4 Å². The van der Waals surface area contributed by atoms with Gasteiger partial charge in [0.25, 0.3) is 0 Å². The van der Waals surface area contributed by atoms with Crippen molar-refractivity contribution < 1.29 is 4.79 Å². The van der Waals surface area contributed by atoms with E-state index in [0.29, 0.717) is 0 Å². The van der Waals surface area contributed by atoms with Crippen LogP contribution < -0.4 is 5.32 Å². The second-order valence-electron chi connectivity index (χ2n) is 6.72. The van der Waals surface area contributed by atoms with Crippen molar-refractivity contribution in [2.24, 2.45) is 4.99 Å². The van der Waals surface area contributed by atoms with Crippen LogP contribution in [-0.4, -0.2) is 17.7 Å². The minimum absolute atomic E-state index is 0.0239. The second kappa shape index (κ2) is 7.96. The Morgan fingerprint density at radius 2 is 1.96 bits per heavy atom. The molecule has 1 aromatic heterocycles. The first kappa shape index (κ1) is 17.9. The molecule has 2 aromatic rings. The third-order valence-corrected chi connectivity index (χ3v) is 5.76. The average molecular weight is 355 g/mol. The van der Waals surface area contributed by atoms with Gasteiger partial charge in [-0.25, -0.2) is 0 Å². The first-order chi connectivity index (χ1) is 12.1. The molecule has 0 fully saturated rings. The molecule has 1 atom stereocenters. The molecule has 132 valence electrons. The monoisotopic (exact) mass is 354 g/mol. The molecule has 0 saturated heterocycles. The molecule has 1 unspecified atom stereocenters. The van der Waals surface area contributed by atoms with Crippen LogP contribution in [0.15, 0.2) is 35.3 Å². The summed E-state index contributed by atoms with van der Waals surface area (Å²) < 4.78 is 0. The molecule has 1 aromatic carbocycles. The summed E-state index contributed by atoms with van der Waals surface area (Å²) in [5.41, 5.74) is 4.31. The van der Waals surface area contributed by atoms with Crippen LogP contribution >= 0.6 is 11.3 Å². The van der Waals surface area contributed by atoms with E-state index >= 15 is 0 Å². The summed E-state index contributed by atoms with van der Waals surface area (Å²) in [4.78, 5) is 18.4. The van der Waals surface area contributed by atoms with Crippen molar-refractivity contribution in [1.29, 1.82) is 0 Å². The first-order valence-corrected chi connectivity index (χ1v) is 9.99. The van der Waals surface area contributed by atoms with Crippen LogP contribution in [0.5, 0.6) is 0 Å². The van der Waals surface area contributed by atoms with Crippen molar-refractivity contribution in [3.63, 3.8) is 0 Å². The van der Waals surface area contributed by atoms with Crippen molar-refractivity contribution in [1.82, 2.24) is 0 Å². The summed E-state index contributed by atoms with van der Waals surface area (Å²) in [6, 6.07) is 10.1. The molecule has 1 aliphatic rings. The SMILES string of the molecule is CCCCCCc1cc2c(s1)NC(=O)C(C)N=C2c1ccccc1C. The van der Waals surface area contributed by atoms with Crippen molar-refractivity contribution in [3.05, 3.63) is 51.9 Å². The number of aliphatic imine (C=N–C) groups is 1. The normalized spacial score (nSPS) is 16.8. The van der Waals surface area contributed by atoms with Gasteiger partial charge in [0.2, 0.25) is 5.91 Å². The number of carbonyl (C=O) groups excluding carboxylic acids is 1. The lowest BCUT2D eigenvalue weighted by Gasteiger charge is -2.09. The number of thiophene rings is 1. The lowest BCUT2D eigenvalue weighted by molar-refractivity contribution is -0.116.